The summed E-state index contributed by atoms with van der Waals surface area (Å²) in [6, 6.07) is 8.95. The monoisotopic (exact) mass is 383 g/mol. The van der Waals surface area contributed by atoms with E-state index in [2.05, 4.69) is 15.8 Å². The van der Waals surface area contributed by atoms with Crippen LogP contribution < -0.4 is 10.7 Å². The lowest BCUT2D eigenvalue weighted by Crippen LogP contribution is -2.23. The summed E-state index contributed by atoms with van der Waals surface area (Å²) in [4.78, 5) is 10.8. The van der Waals surface area contributed by atoms with Crippen molar-refractivity contribution in [3.05, 3.63) is 57.6 Å². The summed E-state index contributed by atoms with van der Waals surface area (Å²) in [6.45, 7) is 0. The molecule has 0 radical (unpaired) electrons. The van der Waals surface area contributed by atoms with Gasteiger partial charge in [-0.1, -0.05) is 23.2 Å². The predicted octanol–water partition coefficient (Wildman–Crippen LogP) is 3.72. The summed E-state index contributed by atoms with van der Waals surface area (Å²) in [6.07, 6.45) is 1.31. The number of hydrazone groups is 1. The molecule has 0 aliphatic rings. The lowest BCUT2D eigenvalue weighted by Gasteiger charge is -2.07. The molecule has 0 saturated carbocycles. The Bertz CT molecular complexity index is 810. The molecule has 2 rings (SSSR count). The third kappa shape index (κ3) is 4.82. The summed E-state index contributed by atoms with van der Waals surface area (Å²) < 4.78 is 0. The predicted molar refractivity (Wildman–Crippen MR) is 98.5 cm³/mol. The molecule has 0 saturated heterocycles. The van der Waals surface area contributed by atoms with Gasteiger partial charge in [-0.15, -0.1) is 0 Å². The number of halogens is 2. The highest BCUT2D eigenvalue weighted by Crippen LogP contribution is 2.29. The Labute approximate surface area is 152 Å². The number of rotatable bonds is 4. The average molecular weight is 384 g/mol. The fourth-order valence-corrected chi connectivity index (χ4v) is 2.38. The van der Waals surface area contributed by atoms with Gasteiger partial charge in [-0.25, -0.2) is 4.79 Å². The van der Waals surface area contributed by atoms with Gasteiger partial charge in [-0.2, -0.15) is 5.10 Å². The normalized spacial score (nSPS) is 10.6. The summed E-state index contributed by atoms with van der Waals surface area (Å²) in [5, 5.41) is 26.0. The van der Waals surface area contributed by atoms with E-state index in [-0.39, 0.29) is 21.4 Å². The number of anilines is 1. The number of carboxylic acid groups (broad SMARTS) is 1. The van der Waals surface area contributed by atoms with Gasteiger partial charge in [0.25, 0.3) is 0 Å². The number of carbonyl (C=O) groups is 1. The highest BCUT2D eigenvalue weighted by molar-refractivity contribution is 7.80. The number of phenolic OH excluding ortho intramolecular Hbond substituents is 1. The lowest BCUT2D eigenvalue weighted by atomic mass is 10.2. The molecule has 0 heterocycles. The minimum absolute atomic E-state index is 0.114. The van der Waals surface area contributed by atoms with E-state index in [9.17, 15) is 9.90 Å². The Morgan fingerprint density at radius 2 is 1.88 bits per heavy atom. The zero-order valence-electron chi connectivity index (χ0n) is 12.0. The molecule has 0 spiro atoms. The van der Waals surface area contributed by atoms with Crippen molar-refractivity contribution < 1.29 is 15.0 Å². The number of thiocarbonyl (C=S) groups is 1. The van der Waals surface area contributed by atoms with Crippen LogP contribution in [0.25, 0.3) is 0 Å². The van der Waals surface area contributed by atoms with Crippen LogP contribution >= 0.6 is 35.4 Å². The molecule has 0 bridgehead atoms. The van der Waals surface area contributed by atoms with Gasteiger partial charge in [-0.3, -0.25) is 5.43 Å². The van der Waals surface area contributed by atoms with Gasteiger partial charge >= 0.3 is 5.97 Å². The van der Waals surface area contributed by atoms with E-state index in [0.717, 1.165) is 0 Å². The van der Waals surface area contributed by atoms with Crippen molar-refractivity contribution in [1.29, 1.82) is 0 Å². The Hall–Kier alpha value is -2.35. The van der Waals surface area contributed by atoms with Crippen LogP contribution in [0.15, 0.2) is 41.5 Å². The number of nitrogens with zero attached hydrogens (tertiary/aromatic N) is 1. The first-order valence-electron chi connectivity index (χ1n) is 6.48. The van der Waals surface area contributed by atoms with Crippen LogP contribution in [0.3, 0.4) is 0 Å². The molecule has 0 aromatic heterocycles. The smallest absolute Gasteiger partial charge is 0.335 e. The number of aromatic carboxylic acids is 1. The fourth-order valence-electron chi connectivity index (χ4n) is 1.70. The van der Waals surface area contributed by atoms with Crippen molar-refractivity contribution in [3.8, 4) is 5.75 Å². The molecule has 0 aliphatic carbocycles. The summed E-state index contributed by atoms with van der Waals surface area (Å²) in [5.74, 6) is -1.15. The minimum Gasteiger partial charge on any atom is -0.506 e. The molecule has 6 nitrogen and oxygen atoms in total. The molecule has 0 atom stereocenters. The van der Waals surface area contributed by atoms with Crippen molar-refractivity contribution in [2.24, 2.45) is 5.10 Å². The first kappa shape index (κ1) is 18.0. The molecule has 24 heavy (non-hydrogen) atoms. The zero-order valence-corrected chi connectivity index (χ0v) is 14.3. The zero-order chi connectivity index (χ0) is 17.7. The number of aromatic hydroxyl groups is 1. The first-order chi connectivity index (χ1) is 11.4. The molecular weight excluding hydrogens is 373 g/mol. The maximum atomic E-state index is 10.8. The number of hydrogen-bond acceptors (Lipinski definition) is 4. The molecule has 4 N–H and O–H groups in total. The quantitative estimate of drug-likeness (QED) is 0.365. The Morgan fingerprint density at radius 3 is 2.50 bits per heavy atom. The highest BCUT2D eigenvalue weighted by atomic mass is 35.5. The van der Waals surface area contributed by atoms with Gasteiger partial charge in [0, 0.05) is 16.3 Å². The maximum absolute atomic E-state index is 10.8. The largest absolute Gasteiger partial charge is 0.506 e. The summed E-state index contributed by atoms with van der Waals surface area (Å²) in [7, 11) is 0. The van der Waals surface area contributed by atoms with Gasteiger partial charge in [0.1, 0.15) is 5.75 Å². The molecule has 9 heteroatoms. The van der Waals surface area contributed by atoms with Gasteiger partial charge in [0.2, 0.25) is 0 Å². The Kier molecular flexibility index (Phi) is 5.97. The number of benzene rings is 2. The van der Waals surface area contributed by atoms with Crippen molar-refractivity contribution in [1.82, 2.24) is 5.43 Å². The topological polar surface area (TPSA) is 94.0 Å². The number of hydrogen-bond donors (Lipinski definition) is 4. The second kappa shape index (κ2) is 7.96. The number of carboxylic acids is 1. The van der Waals surface area contributed by atoms with Crippen molar-refractivity contribution in [2.45, 2.75) is 0 Å². The van der Waals surface area contributed by atoms with Crippen LogP contribution in [0.4, 0.5) is 5.69 Å². The van der Waals surface area contributed by atoms with Gasteiger partial charge in [0.05, 0.1) is 16.8 Å². The molecule has 2 aromatic carbocycles. The van der Waals surface area contributed by atoms with E-state index in [4.69, 9.17) is 40.5 Å². The van der Waals surface area contributed by atoms with Crippen molar-refractivity contribution >= 4 is 58.4 Å². The second-order valence-corrected chi connectivity index (χ2v) is 5.78. The minimum atomic E-state index is -1.01. The SMILES string of the molecule is O=C(O)c1ccc(NC(=S)NN=Cc2cc(Cl)cc(Cl)c2O)cc1. The number of phenols is 1. The van der Waals surface area contributed by atoms with Crippen LogP contribution in [0.1, 0.15) is 15.9 Å². The molecule has 0 fully saturated rings. The lowest BCUT2D eigenvalue weighted by molar-refractivity contribution is 0.0697. The van der Waals surface area contributed by atoms with E-state index in [1.165, 1.54) is 30.5 Å². The summed E-state index contributed by atoms with van der Waals surface area (Å²) in [5.41, 5.74) is 3.66. The summed E-state index contributed by atoms with van der Waals surface area (Å²) >= 11 is 16.7. The molecule has 0 aliphatic heterocycles. The fraction of sp³-hybridized carbons (Fsp3) is 0. The molecule has 0 amide bonds. The molecule has 2 aromatic rings. The van der Waals surface area contributed by atoms with E-state index >= 15 is 0 Å². The van der Waals surface area contributed by atoms with E-state index in [0.29, 0.717) is 16.3 Å². The van der Waals surface area contributed by atoms with Crippen LogP contribution in [-0.2, 0) is 0 Å². The van der Waals surface area contributed by atoms with Crippen LogP contribution in [0.5, 0.6) is 5.75 Å². The molecular formula is C15H11Cl2N3O3S. The molecule has 0 unspecified atom stereocenters. The van der Waals surface area contributed by atoms with Crippen molar-refractivity contribution in [2.75, 3.05) is 5.32 Å². The first-order valence-corrected chi connectivity index (χ1v) is 7.64. The third-order valence-corrected chi connectivity index (χ3v) is 3.52. The molecule has 124 valence electrons. The second-order valence-electron chi connectivity index (χ2n) is 4.53. The number of nitrogens with one attached hydrogen (secondary N) is 2. The van der Waals surface area contributed by atoms with E-state index in [1.807, 2.05) is 0 Å². The maximum Gasteiger partial charge on any atom is 0.335 e. The van der Waals surface area contributed by atoms with Gasteiger partial charge in [-0.05, 0) is 48.6 Å². The van der Waals surface area contributed by atoms with Gasteiger partial charge in [0.15, 0.2) is 5.11 Å². The van der Waals surface area contributed by atoms with Crippen LogP contribution in [-0.4, -0.2) is 27.5 Å². The third-order valence-electron chi connectivity index (χ3n) is 2.82. The van der Waals surface area contributed by atoms with E-state index in [1.54, 1.807) is 12.1 Å². The Balaban J connectivity index is 1.97. The highest BCUT2D eigenvalue weighted by Gasteiger charge is 2.06. The standard InChI is InChI=1S/C15H11Cl2N3O3S/c16-10-5-9(13(21)12(17)6-10)7-18-20-15(24)19-11-3-1-8(2-4-11)14(22)23/h1-7,21H,(H,22,23)(H2,19,20,24). The van der Waals surface area contributed by atoms with Crippen LogP contribution in [0, 0.1) is 0 Å². The van der Waals surface area contributed by atoms with Crippen molar-refractivity contribution in [3.63, 3.8) is 0 Å². The van der Waals surface area contributed by atoms with Gasteiger partial charge < -0.3 is 15.5 Å². The average Bonchev–Trinajstić information content (AvgIpc) is 2.52. The van der Waals surface area contributed by atoms with E-state index < -0.39 is 5.97 Å². The van der Waals surface area contributed by atoms with Crippen LogP contribution in [0.2, 0.25) is 10.0 Å². The Morgan fingerprint density at radius 1 is 1.21 bits per heavy atom.